The lowest BCUT2D eigenvalue weighted by molar-refractivity contribution is -0.142. The molecule has 0 saturated carbocycles. The van der Waals surface area contributed by atoms with Gasteiger partial charge in [0.2, 0.25) is 0 Å². The maximum absolute atomic E-state index is 12.0. The highest BCUT2D eigenvalue weighted by atomic mass is 35.5. The first-order chi connectivity index (χ1) is 7.84. The molecule has 0 amide bonds. The van der Waals surface area contributed by atoms with Gasteiger partial charge in [0.25, 0.3) is 0 Å². The van der Waals surface area contributed by atoms with Crippen LogP contribution >= 0.6 is 11.6 Å². The van der Waals surface area contributed by atoms with Crippen LogP contribution < -0.4 is 0 Å². The van der Waals surface area contributed by atoms with E-state index >= 15 is 0 Å². The number of ketones is 1. The molecule has 0 spiro atoms. The van der Waals surface area contributed by atoms with Crippen LogP contribution in [0, 0.1) is 18.8 Å². The van der Waals surface area contributed by atoms with Gasteiger partial charge in [0, 0.05) is 16.5 Å². The zero-order chi connectivity index (χ0) is 13.2. The number of aliphatic carboxylic acids is 1. The van der Waals surface area contributed by atoms with E-state index < -0.39 is 17.8 Å². The summed E-state index contributed by atoms with van der Waals surface area (Å²) in [5.41, 5.74) is 1.35. The Morgan fingerprint density at radius 1 is 1.24 bits per heavy atom. The maximum Gasteiger partial charge on any atom is 0.306 e. The van der Waals surface area contributed by atoms with Crippen LogP contribution in [0.4, 0.5) is 0 Å². The highest BCUT2D eigenvalue weighted by Crippen LogP contribution is 2.22. The average molecular weight is 255 g/mol. The topological polar surface area (TPSA) is 54.4 Å². The summed E-state index contributed by atoms with van der Waals surface area (Å²) in [6, 6.07) is 5.02. The molecule has 0 aliphatic rings. The third-order valence-electron chi connectivity index (χ3n) is 3.01. The zero-order valence-electron chi connectivity index (χ0n) is 10.0. The number of carbonyl (C=O) groups is 2. The van der Waals surface area contributed by atoms with Crippen LogP contribution in [0.3, 0.4) is 0 Å². The normalized spacial score (nSPS) is 14.1. The van der Waals surface area contributed by atoms with Gasteiger partial charge in [-0.05, 0) is 18.6 Å². The van der Waals surface area contributed by atoms with Crippen LogP contribution in [0.25, 0.3) is 0 Å². The Hall–Kier alpha value is -1.35. The summed E-state index contributed by atoms with van der Waals surface area (Å²) in [6.45, 7) is 5.00. The third kappa shape index (κ3) is 3.07. The lowest BCUT2D eigenvalue weighted by atomic mass is 9.88. The second kappa shape index (κ2) is 5.32. The Morgan fingerprint density at radius 2 is 1.82 bits per heavy atom. The third-order valence-corrected chi connectivity index (χ3v) is 3.42. The Morgan fingerprint density at radius 3 is 2.29 bits per heavy atom. The van der Waals surface area contributed by atoms with Crippen LogP contribution in [-0.4, -0.2) is 16.9 Å². The van der Waals surface area contributed by atoms with E-state index in [0.717, 1.165) is 5.56 Å². The molecule has 1 aromatic carbocycles. The molecule has 0 radical (unpaired) electrons. The van der Waals surface area contributed by atoms with Gasteiger partial charge in [-0.2, -0.15) is 0 Å². The number of aryl methyl sites for hydroxylation is 1. The summed E-state index contributed by atoms with van der Waals surface area (Å²) in [5, 5.41) is 9.39. The molecule has 1 N–H and O–H groups in total. The van der Waals surface area contributed by atoms with Crippen molar-refractivity contribution >= 4 is 23.4 Å². The summed E-state index contributed by atoms with van der Waals surface area (Å²) >= 11 is 5.94. The van der Waals surface area contributed by atoms with Gasteiger partial charge < -0.3 is 5.11 Å². The molecule has 0 aliphatic heterocycles. The average Bonchev–Trinajstić information content (AvgIpc) is 2.29. The number of carbonyl (C=O) groups excluding carboxylic acids is 1. The fourth-order valence-corrected chi connectivity index (χ4v) is 1.63. The van der Waals surface area contributed by atoms with Gasteiger partial charge in [-0.15, -0.1) is 0 Å². The largest absolute Gasteiger partial charge is 0.481 e. The van der Waals surface area contributed by atoms with Crippen molar-refractivity contribution in [3.8, 4) is 0 Å². The summed E-state index contributed by atoms with van der Waals surface area (Å²) in [6.07, 6.45) is 0. The molecular formula is C13H15ClO3. The van der Waals surface area contributed by atoms with E-state index in [1.165, 1.54) is 6.92 Å². The van der Waals surface area contributed by atoms with Gasteiger partial charge in [-0.3, -0.25) is 9.59 Å². The van der Waals surface area contributed by atoms with Gasteiger partial charge in [-0.25, -0.2) is 0 Å². The van der Waals surface area contributed by atoms with Gasteiger partial charge in [0.05, 0.1) is 5.92 Å². The first kappa shape index (κ1) is 13.7. The first-order valence-electron chi connectivity index (χ1n) is 5.37. The fourth-order valence-electron chi connectivity index (χ4n) is 1.45. The Bertz CT molecular complexity index is 454. The number of hydrogen-bond donors (Lipinski definition) is 1. The molecule has 17 heavy (non-hydrogen) atoms. The number of hydrogen-bond acceptors (Lipinski definition) is 2. The lowest BCUT2D eigenvalue weighted by Gasteiger charge is -2.15. The van der Waals surface area contributed by atoms with Crippen molar-refractivity contribution in [1.29, 1.82) is 0 Å². The number of rotatable bonds is 4. The monoisotopic (exact) mass is 254 g/mol. The molecule has 92 valence electrons. The zero-order valence-corrected chi connectivity index (χ0v) is 10.8. The predicted octanol–water partition coefficient (Wildman–Crippen LogP) is 3.19. The minimum Gasteiger partial charge on any atom is -0.481 e. The predicted molar refractivity (Wildman–Crippen MR) is 66.5 cm³/mol. The van der Waals surface area contributed by atoms with Gasteiger partial charge in [0.15, 0.2) is 5.78 Å². The quantitative estimate of drug-likeness (QED) is 0.840. The van der Waals surface area contributed by atoms with E-state index in [9.17, 15) is 9.59 Å². The van der Waals surface area contributed by atoms with Crippen molar-refractivity contribution in [1.82, 2.24) is 0 Å². The van der Waals surface area contributed by atoms with E-state index in [0.29, 0.717) is 10.6 Å². The minimum atomic E-state index is -0.968. The second-order valence-electron chi connectivity index (χ2n) is 4.24. The van der Waals surface area contributed by atoms with Crippen molar-refractivity contribution in [3.05, 3.63) is 34.3 Å². The molecule has 4 heteroatoms. The van der Waals surface area contributed by atoms with Crippen molar-refractivity contribution in [3.63, 3.8) is 0 Å². The molecule has 0 fully saturated rings. The molecular weight excluding hydrogens is 240 g/mol. The van der Waals surface area contributed by atoms with E-state index in [-0.39, 0.29) is 5.78 Å². The minimum absolute atomic E-state index is 0.193. The molecule has 0 aliphatic carbocycles. The van der Waals surface area contributed by atoms with Gasteiger partial charge >= 0.3 is 5.97 Å². The smallest absolute Gasteiger partial charge is 0.306 e. The first-order valence-corrected chi connectivity index (χ1v) is 5.75. The molecule has 3 nitrogen and oxygen atoms in total. The van der Waals surface area contributed by atoms with Crippen LogP contribution in [0.2, 0.25) is 5.02 Å². The molecule has 0 heterocycles. The number of benzene rings is 1. The summed E-state index contributed by atoms with van der Waals surface area (Å²) in [7, 11) is 0. The molecule has 1 rings (SSSR count). The molecule has 0 bridgehead atoms. The van der Waals surface area contributed by atoms with Gasteiger partial charge in [0.1, 0.15) is 0 Å². The molecule has 2 atom stereocenters. The summed E-state index contributed by atoms with van der Waals surface area (Å²) in [4.78, 5) is 22.9. The Balaban J connectivity index is 2.96. The summed E-state index contributed by atoms with van der Waals surface area (Å²) in [5.74, 6) is -2.43. The van der Waals surface area contributed by atoms with Crippen LogP contribution in [-0.2, 0) is 4.79 Å². The number of halogens is 1. The van der Waals surface area contributed by atoms with Crippen molar-refractivity contribution in [2.75, 3.05) is 0 Å². The van der Waals surface area contributed by atoms with Crippen LogP contribution in [0.5, 0.6) is 0 Å². The van der Waals surface area contributed by atoms with Crippen LogP contribution in [0.15, 0.2) is 18.2 Å². The summed E-state index contributed by atoms with van der Waals surface area (Å²) < 4.78 is 0. The molecule has 0 saturated heterocycles. The highest BCUT2D eigenvalue weighted by molar-refractivity contribution is 6.31. The molecule has 0 aromatic heterocycles. The van der Waals surface area contributed by atoms with Crippen molar-refractivity contribution in [2.45, 2.75) is 20.8 Å². The lowest BCUT2D eigenvalue weighted by Crippen LogP contribution is -2.25. The van der Waals surface area contributed by atoms with Crippen molar-refractivity contribution < 1.29 is 14.7 Å². The second-order valence-corrected chi connectivity index (χ2v) is 4.65. The SMILES string of the molecule is Cc1ccc(C(=O)C(C)C(C)C(=O)O)cc1Cl. The Labute approximate surface area is 105 Å². The van der Waals surface area contributed by atoms with Crippen molar-refractivity contribution in [2.24, 2.45) is 11.8 Å². The number of carboxylic acid groups (broad SMARTS) is 1. The number of Topliss-reactive ketones (excluding diaryl/α,β-unsaturated/α-hetero) is 1. The highest BCUT2D eigenvalue weighted by Gasteiger charge is 2.26. The van der Waals surface area contributed by atoms with E-state index in [1.54, 1.807) is 25.1 Å². The number of carboxylic acids is 1. The molecule has 1 aromatic rings. The standard InChI is InChI=1S/C13H15ClO3/c1-7-4-5-10(6-11(7)14)12(15)8(2)9(3)13(16)17/h4-6,8-9H,1-3H3,(H,16,17). The van der Waals surface area contributed by atoms with Gasteiger partial charge in [-0.1, -0.05) is 37.6 Å². The fraction of sp³-hybridized carbons (Fsp3) is 0.385. The van der Waals surface area contributed by atoms with Crippen LogP contribution in [0.1, 0.15) is 29.8 Å². The Kier molecular flexibility index (Phi) is 4.29. The van der Waals surface area contributed by atoms with E-state index in [4.69, 9.17) is 16.7 Å². The maximum atomic E-state index is 12.0. The molecule has 2 unspecified atom stereocenters. The van der Waals surface area contributed by atoms with E-state index in [1.807, 2.05) is 6.92 Å². The van der Waals surface area contributed by atoms with E-state index in [2.05, 4.69) is 0 Å².